The third kappa shape index (κ3) is 3.79. The molecule has 1 aliphatic carbocycles. The Morgan fingerprint density at radius 2 is 2.26 bits per heavy atom. The van der Waals surface area contributed by atoms with Gasteiger partial charge < -0.3 is 5.32 Å². The molecular weight excluding hydrogens is 252 g/mol. The molecule has 2 rings (SSSR count). The van der Waals surface area contributed by atoms with Crippen molar-refractivity contribution in [2.45, 2.75) is 77.3 Å². The highest BCUT2D eigenvalue weighted by atomic mass is 32.1. The van der Waals surface area contributed by atoms with Gasteiger partial charge in [0.1, 0.15) is 5.01 Å². The van der Waals surface area contributed by atoms with E-state index in [0.717, 1.165) is 5.92 Å². The first-order valence-corrected chi connectivity index (χ1v) is 8.72. The van der Waals surface area contributed by atoms with E-state index < -0.39 is 0 Å². The Morgan fingerprint density at radius 3 is 2.89 bits per heavy atom. The van der Waals surface area contributed by atoms with E-state index in [1.165, 1.54) is 50.0 Å². The molecule has 1 fully saturated rings. The number of thiazole rings is 1. The minimum absolute atomic E-state index is 0.144. The fourth-order valence-electron chi connectivity index (χ4n) is 3.54. The summed E-state index contributed by atoms with van der Waals surface area (Å²) in [5, 5.41) is 7.27. The number of hydrogen-bond acceptors (Lipinski definition) is 3. The highest BCUT2D eigenvalue weighted by Crippen LogP contribution is 2.40. The molecule has 0 radical (unpaired) electrons. The molecular formula is C16H28N2S. The predicted molar refractivity (Wildman–Crippen MR) is 83.5 cm³/mol. The molecule has 19 heavy (non-hydrogen) atoms. The predicted octanol–water partition coefficient (Wildman–Crippen LogP) is 4.72. The molecule has 1 saturated carbocycles. The summed E-state index contributed by atoms with van der Waals surface area (Å²) in [5.74, 6) is 0.931. The summed E-state index contributed by atoms with van der Waals surface area (Å²) in [5.41, 5.74) is 0.144. The Morgan fingerprint density at radius 1 is 1.42 bits per heavy atom. The van der Waals surface area contributed by atoms with Crippen LogP contribution in [0.1, 0.15) is 70.7 Å². The molecule has 3 heteroatoms. The van der Waals surface area contributed by atoms with Crippen molar-refractivity contribution in [2.75, 3.05) is 0 Å². The molecule has 0 amide bonds. The Labute approximate surface area is 122 Å². The first kappa shape index (κ1) is 15.0. The molecule has 2 unspecified atom stereocenters. The van der Waals surface area contributed by atoms with E-state index in [0.29, 0.717) is 6.04 Å². The number of hydrogen-bond donors (Lipinski definition) is 1. The zero-order valence-electron chi connectivity index (χ0n) is 12.6. The summed E-state index contributed by atoms with van der Waals surface area (Å²) in [7, 11) is 0. The molecule has 1 N–H and O–H groups in total. The van der Waals surface area contributed by atoms with Crippen LogP contribution in [-0.2, 0) is 5.54 Å². The Balaban J connectivity index is 2.14. The molecule has 0 bridgehead atoms. The quantitative estimate of drug-likeness (QED) is 0.790. The van der Waals surface area contributed by atoms with Crippen LogP contribution in [0.3, 0.4) is 0 Å². The summed E-state index contributed by atoms with van der Waals surface area (Å²) < 4.78 is 0. The number of nitrogens with zero attached hydrogens (tertiary/aromatic N) is 1. The van der Waals surface area contributed by atoms with Crippen LogP contribution in [0.15, 0.2) is 11.6 Å². The molecule has 108 valence electrons. The van der Waals surface area contributed by atoms with E-state index in [4.69, 9.17) is 0 Å². The third-order valence-corrected chi connectivity index (χ3v) is 5.28. The van der Waals surface area contributed by atoms with Crippen molar-refractivity contribution in [1.29, 1.82) is 0 Å². The Bertz CT molecular complexity index is 361. The van der Waals surface area contributed by atoms with Crippen molar-refractivity contribution in [3.05, 3.63) is 16.6 Å². The average Bonchev–Trinajstić information content (AvgIpc) is 2.82. The van der Waals surface area contributed by atoms with Gasteiger partial charge in [0, 0.05) is 17.6 Å². The molecule has 1 aromatic heterocycles. The van der Waals surface area contributed by atoms with E-state index in [1.54, 1.807) is 0 Å². The van der Waals surface area contributed by atoms with E-state index in [9.17, 15) is 0 Å². The minimum Gasteiger partial charge on any atom is -0.303 e. The molecule has 2 atom stereocenters. The maximum Gasteiger partial charge on any atom is 0.113 e. The van der Waals surface area contributed by atoms with Gasteiger partial charge in [-0.25, -0.2) is 4.98 Å². The maximum atomic E-state index is 4.63. The van der Waals surface area contributed by atoms with Gasteiger partial charge in [-0.05, 0) is 39.0 Å². The summed E-state index contributed by atoms with van der Waals surface area (Å²) in [6.07, 6.45) is 11.3. The second kappa shape index (κ2) is 6.85. The monoisotopic (exact) mass is 280 g/mol. The molecule has 2 nitrogen and oxygen atoms in total. The second-order valence-corrected chi connectivity index (χ2v) is 7.20. The summed E-state index contributed by atoms with van der Waals surface area (Å²) in [6, 6.07) is 0.520. The van der Waals surface area contributed by atoms with E-state index >= 15 is 0 Å². The second-order valence-electron chi connectivity index (χ2n) is 6.30. The highest BCUT2D eigenvalue weighted by Gasteiger charge is 2.37. The van der Waals surface area contributed by atoms with Crippen molar-refractivity contribution in [3.63, 3.8) is 0 Å². The van der Waals surface area contributed by atoms with Gasteiger partial charge in [0.25, 0.3) is 0 Å². The fraction of sp³-hybridized carbons (Fsp3) is 0.812. The summed E-state index contributed by atoms with van der Waals surface area (Å²) >= 11 is 1.82. The lowest BCUT2D eigenvalue weighted by molar-refractivity contribution is 0.261. The maximum absolute atomic E-state index is 4.63. The number of aromatic nitrogens is 1. The van der Waals surface area contributed by atoms with Crippen molar-refractivity contribution >= 4 is 11.3 Å². The van der Waals surface area contributed by atoms with Gasteiger partial charge in [-0.3, -0.25) is 0 Å². The summed E-state index contributed by atoms with van der Waals surface area (Å²) in [4.78, 5) is 4.63. The van der Waals surface area contributed by atoms with Crippen molar-refractivity contribution in [1.82, 2.24) is 10.3 Å². The van der Waals surface area contributed by atoms with Crippen LogP contribution in [0.2, 0.25) is 0 Å². The zero-order valence-corrected chi connectivity index (χ0v) is 13.4. The molecule has 1 aromatic rings. The Kier molecular flexibility index (Phi) is 5.40. The van der Waals surface area contributed by atoms with E-state index in [2.05, 4.69) is 36.5 Å². The van der Waals surface area contributed by atoms with Crippen LogP contribution in [0.5, 0.6) is 0 Å². The van der Waals surface area contributed by atoms with Gasteiger partial charge in [-0.1, -0.05) is 32.6 Å². The minimum atomic E-state index is 0.144. The van der Waals surface area contributed by atoms with Crippen molar-refractivity contribution in [2.24, 2.45) is 5.92 Å². The third-order valence-electron chi connectivity index (χ3n) is 4.30. The number of nitrogens with one attached hydrogen (secondary N) is 1. The molecule has 0 aromatic carbocycles. The van der Waals surface area contributed by atoms with Crippen LogP contribution in [-0.4, -0.2) is 11.0 Å². The van der Waals surface area contributed by atoms with Gasteiger partial charge in [-0.15, -0.1) is 11.3 Å². The van der Waals surface area contributed by atoms with Gasteiger partial charge in [0.2, 0.25) is 0 Å². The van der Waals surface area contributed by atoms with Gasteiger partial charge in [-0.2, -0.15) is 0 Å². The van der Waals surface area contributed by atoms with Crippen LogP contribution < -0.4 is 5.32 Å². The summed E-state index contributed by atoms with van der Waals surface area (Å²) in [6.45, 7) is 6.82. The largest absolute Gasteiger partial charge is 0.303 e. The topological polar surface area (TPSA) is 24.9 Å². The lowest BCUT2D eigenvalue weighted by Gasteiger charge is -2.34. The first-order chi connectivity index (χ1) is 9.16. The van der Waals surface area contributed by atoms with Crippen molar-refractivity contribution in [3.8, 4) is 0 Å². The van der Waals surface area contributed by atoms with Crippen LogP contribution in [0.4, 0.5) is 0 Å². The highest BCUT2D eigenvalue weighted by molar-refractivity contribution is 7.09. The van der Waals surface area contributed by atoms with Crippen LogP contribution in [0, 0.1) is 5.92 Å². The fourth-order valence-corrected chi connectivity index (χ4v) is 4.40. The number of rotatable bonds is 5. The van der Waals surface area contributed by atoms with E-state index in [-0.39, 0.29) is 5.54 Å². The van der Waals surface area contributed by atoms with Crippen LogP contribution >= 0.6 is 11.3 Å². The average molecular weight is 280 g/mol. The standard InChI is InChI=1S/C16H28N2S/c1-4-6-14-7-5-9-16(10-8-14,18-13(2)3)15-17-11-12-19-15/h11-14,18H,4-10H2,1-3H3. The van der Waals surface area contributed by atoms with Crippen molar-refractivity contribution < 1.29 is 0 Å². The van der Waals surface area contributed by atoms with Gasteiger partial charge >= 0.3 is 0 Å². The first-order valence-electron chi connectivity index (χ1n) is 7.84. The Hall–Kier alpha value is -0.410. The van der Waals surface area contributed by atoms with Gasteiger partial charge in [0.15, 0.2) is 0 Å². The molecule has 0 aliphatic heterocycles. The lowest BCUT2D eigenvalue weighted by Crippen LogP contribution is -2.45. The molecule has 0 spiro atoms. The SMILES string of the molecule is CCCC1CCCC(NC(C)C)(c2nccs2)CC1. The molecule has 1 aliphatic rings. The zero-order chi connectivity index (χ0) is 13.7. The smallest absolute Gasteiger partial charge is 0.113 e. The van der Waals surface area contributed by atoms with E-state index in [1.807, 2.05) is 17.5 Å². The van der Waals surface area contributed by atoms with Gasteiger partial charge in [0.05, 0.1) is 5.54 Å². The normalized spacial score (nSPS) is 28.5. The molecule has 1 heterocycles. The van der Waals surface area contributed by atoms with Crippen LogP contribution in [0.25, 0.3) is 0 Å². The lowest BCUT2D eigenvalue weighted by atomic mass is 9.88. The molecule has 0 saturated heterocycles.